The lowest BCUT2D eigenvalue weighted by Gasteiger charge is -2.20. The lowest BCUT2D eigenvalue weighted by atomic mass is 9.84. The van der Waals surface area contributed by atoms with Crippen molar-refractivity contribution < 1.29 is 24.2 Å². The van der Waals surface area contributed by atoms with E-state index in [9.17, 15) is 14.7 Å². The van der Waals surface area contributed by atoms with Crippen LogP contribution in [0.5, 0.6) is 0 Å². The highest BCUT2D eigenvalue weighted by atomic mass is 16.5. The van der Waals surface area contributed by atoms with Crippen molar-refractivity contribution in [3.63, 3.8) is 0 Å². The standard InChI is InChI=1S/C55H72N4O5/c1-13-39-35(8)42-28-44-37(10)41(24-25-48(60)64-27-26-34(7)23-17-22-33(6)21-16-20-32(5)19-15-18-31(3)4)52(58-44)50-51(55(62)63-12)54(61)49-38(11)45(59-53(49)50)30-47-40(14-2)36(9)43(57-47)29-46(39)56-42/h13-14,26,28-33,37,41,51,58,61H,1-2,15-25,27H2,3-12H3/b34-26+,44-28?,46-29?,47-30?,52-50?/t32-,33-,37+,41+,51-/m1/s1. The van der Waals surface area contributed by atoms with E-state index in [-0.39, 0.29) is 36.6 Å². The summed E-state index contributed by atoms with van der Waals surface area (Å²) in [5, 5.41) is 15.6. The Morgan fingerprint density at radius 2 is 1.42 bits per heavy atom. The molecule has 0 aromatic rings. The molecule has 342 valence electrons. The zero-order chi connectivity index (χ0) is 46.4. The second kappa shape index (κ2) is 21.1. The fraction of sp³-hybridized carbons (Fsp3) is 0.509. The third-order valence-electron chi connectivity index (χ3n) is 14.1. The molecule has 0 radical (unpaired) electrons. The second-order valence-electron chi connectivity index (χ2n) is 19.3. The minimum absolute atomic E-state index is 0.104. The van der Waals surface area contributed by atoms with E-state index in [1.54, 1.807) is 6.08 Å². The lowest BCUT2D eigenvalue weighted by molar-refractivity contribution is -0.144. The molecule has 0 saturated carbocycles. The van der Waals surface area contributed by atoms with Crippen LogP contribution in [0, 0.1) is 35.5 Å². The minimum Gasteiger partial charge on any atom is -0.510 e. The monoisotopic (exact) mass is 869 g/mol. The molecule has 5 atom stereocenters. The molecule has 0 unspecified atom stereocenters. The lowest BCUT2D eigenvalue weighted by Crippen LogP contribution is -2.25. The molecule has 0 aromatic heterocycles. The number of rotatable bonds is 20. The van der Waals surface area contributed by atoms with E-state index in [0.717, 1.165) is 81.1 Å². The number of fused-ring (bicyclic) bond motifs is 5. The number of aliphatic hydroxyl groups excluding tert-OH is 1. The molecular weight excluding hydrogens is 797 g/mol. The van der Waals surface area contributed by atoms with Crippen LogP contribution in [0.2, 0.25) is 0 Å². The third kappa shape index (κ3) is 10.5. The highest BCUT2D eigenvalue weighted by molar-refractivity contribution is 6.24. The average Bonchev–Trinajstić information content (AvgIpc) is 3.99. The fourth-order valence-corrected chi connectivity index (χ4v) is 9.98. The summed E-state index contributed by atoms with van der Waals surface area (Å²) in [7, 11) is 1.32. The number of carbonyl (C=O) groups excluding carboxylic acids is 2. The van der Waals surface area contributed by atoms with Crippen LogP contribution in [-0.2, 0) is 19.1 Å². The number of nitrogens with zero attached hydrogens (tertiary/aromatic N) is 3. The summed E-state index contributed by atoms with van der Waals surface area (Å²) in [6, 6.07) is 0. The van der Waals surface area contributed by atoms with Crippen molar-refractivity contribution in [1.82, 2.24) is 5.32 Å². The van der Waals surface area contributed by atoms with Crippen molar-refractivity contribution >= 4 is 29.1 Å². The number of carbonyl (C=O) groups is 2. The van der Waals surface area contributed by atoms with Crippen molar-refractivity contribution in [2.75, 3.05) is 13.7 Å². The molecule has 64 heavy (non-hydrogen) atoms. The van der Waals surface area contributed by atoms with Crippen LogP contribution >= 0.6 is 0 Å². The smallest absolute Gasteiger partial charge is 0.321 e. The Balaban J connectivity index is 1.20. The number of ether oxygens (including phenoxy) is 2. The third-order valence-corrected chi connectivity index (χ3v) is 14.1. The summed E-state index contributed by atoms with van der Waals surface area (Å²) in [6.45, 7) is 28.0. The van der Waals surface area contributed by atoms with Gasteiger partial charge in [0.05, 0.1) is 41.3 Å². The van der Waals surface area contributed by atoms with Crippen LogP contribution in [0.15, 0.2) is 143 Å². The molecular formula is C55H72N4O5. The number of aliphatic imine (C=N–C) groups is 3. The van der Waals surface area contributed by atoms with Crippen LogP contribution in [0.4, 0.5) is 0 Å². The molecule has 0 aromatic carbocycles. The molecule has 0 amide bonds. The predicted octanol–water partition coefficient (Wildman–Crippen LogP) is 12.7. The van der Waals surface area contributed by atoms with Crippen LogP contribution < -0.4 is 5.32 Å². The number of hydrogen-bond donors (Lipinski definition) is 2. The van der Waals surface area contributed by atoms with Crippen molar-refractivity contribution in [2.45, 2.75) is 133 Å². The SMILES string of the molecule is C=CC1=C(C)C2=NC1=CC1=C(C)C3=C(O)[C@H](C(=O)OC)C(=C4NC(=CC5=NC(=C2)C(C=C)=C5C)[C@@H](C)[C@@H]4CCC(=O)OC/C=C(\C)CCC[C@H](C)CCC[C@H](C)CCCC(C)C)C3=N1. The maximum absolute atomic E-state index is 13.6. The van der Waals surface area contributed by atoms with E-state index in [1.807, 2.05) is 51.2 Å². The molecule has 5 heterocycles. The van der Waals surface area contributed by atoms with Crippen molar-refractivity contribution in [3.05, 3.63) is 128 Å². The number of hydrogen-bond acceptors (Lipinski definition) is 9. The van der Waals surface area contributed by atoms with E-state index in [0.29, 0.717) is 40.6 Å². The van der Waals surface area contributed by atoms with Gasteiger partial charge in [-0.05, 0) is 106 Å². The van der Waals surface area contributed by atoms with E-state index < -0.39 is 11.9 Å². The first-order chi connectivity index (χ1) is 30.6. The van der Waals surface area contributed by atoms with Gasteiger partial charge >= 0.3 is 11.9 Å². The van der Waals surface area contributed by atoms with Gasteiger partial charge in [0.25, 0.3) is 0 Å². The second-order valence-corrected chi connectivity index (χ2v) is 19.3. The molecule has 6 aliphatic rings. The van der Waals surface area contributed by atoms with Gasteiger partial charge in [-0.2, -0.15) is 0 Å². The number of allylic oxidation sites excluding steroid dienone is 12. The predicted molar refractivity (Wildman–Crippen MR) is 262 cm³/mol. The van der Waals surface area contributed by atoms with Crippen LogP contribution in [0.1, 0.15) is 133 Å². The number of esters is 2. The first kappa shape index (κ1) is 48.2. The molecule has 2 N–H and O–H groups in total. The zero-order valence-corrected chi connectivity index (χ0v) is 40.2. The molecule has 1 saturated heterocycles. The highest BCUT2D eigenvalue weighted by Gasteiger charge is 2.49. The van der Waals surface area contributed by atoms with Gasteiger partial charge in [0.1, 0.15) is 18.3 Å². The molecule has 1 fully saturated rings. The largest absolute Gasteiger partial charge is 0.510 e. The van der Waals surface area contributed by atoms with Gasteiger partial charge in [0, 0.05) is 51.9 Å². The van der Waals surface area contributed by atoms with Gasteiger partial charge in [-0.1, -0.05) is 110 Å². The Kier molecular flexibility index (Phi) is 15.9. The first-order valence-corrected chi connectivity index (χ1v) is 23.7. The van der Waals surface area contributed by atoms with Crippen LogP contribution in [0.3, 0.4) is 0 Å². The number of methoxy groups -OCH3 is 1. The Labute approximate surface area is 382 Å². The van der Waals surface area contributed by atoms with Crippen molar-refractivity contribution in [2.24, 2.45) is 50.5 Å². The van der Waals surface area contributed by atoms with Gasteiger partial charge < -0.3 is 19.9 Å². The number of aliphatic hydroxyl groups is 1. The molecule has 0 spiro atoms. The van der Waals surface area contributed by atoms with Gasteiger partial charge in [0.15, 0.2) is 0 Å². The maximum atomic E-state index is 13.6. The molecule has 9 nitrogen and oxygen atoms in total. The van der Waals surface area contributed by atoms with E-state index in [2.05, 4.69) is 60.0 Å². The summed E-state index contributed by atoms with van der Waals surface area (Å²) >= 11 is 0. The van der Waals surface area contributed by atoms with Gasteiger partial charge in [0.2, 0.25) is 0 Å². The molecule has 6 rings (SSSR count). The van der Waals surface area contributed by atoms with Gasteiger partial charge in [-0.25, -0.2) is 15.0 Å². The topological polar surface area (TPSA) is 122 Å². The Hall–Kier alpha value is -5.31. The Bertz CT molecular complexity index is 2330. The van der Waals surface area contributed by atoms with E-state index in [1.165, 1.54) is 57.6 Å². The van der Waals surface area contributed by atoms with E-state index in [4.69, 9.17) is 24.5 Å². The van der Waals surface area contributed by atoms with E-state index >= 15 is 0 Å². The summed E-state index contributed by atoms with van der Waals surface area (Å²) in [4.78, 5) is 42.3. The van der Waals surface area contributed by atoms with Crippen LogP contribution in [-0.4, -0.2) is 47.9 Å². The van der Waals surface area contributed by atoms with Crippen LogP contribution in [0.25, 0.3) is 0 Å². The summed E-state index contributed by atoms with van der Waals surface area (Å²) in [5.74, 6) is -0.107. The summed E-state index contributed by atoms with van der Waals surface area (Å²) in [6.07, 6.45) is 23.5. The molecule has 1 aliphatic carbocycles. The maximum Gasteiger partial charge on any atom is 0.321 e. The summed E-state index contributed by atoms with van der Waals surface area (Å²) in [5.41, 5.74) is 12.5. The molecule has 8 bridgehead atoms. The van der Waals surface area contributed by atoms with Gasteiger partial charge in [-0.15, -0.1) is 0 Å². The average molecular weight is 869 g/mol. The first-order valence-electron chi connectivity index (χ1n) is 23.7. The highest BCUT2D eigenvalue weighted by Crippen LogP contribution is 2.49. The Morgan fingerprint density at radius 3 is 2.03 bits per heavy atom. The quantitative estimate of drug-likeness (QED) is 0.0928. The van der Waals surface area contributed by atoms with Crippen molar-refractivity contribution in [1.29, 1.82) is 0 Å². The van der Waals surface area contributed by atoms with Crippen molar-refractivity contribution in [3.8, 4) is 0 Å². The zero-order valence-electron chi connectivity index (χ0n) is 40.2. The minimum atomic E-state index is -1.09. The molecule has 9 heteroatoms. The molecule has 5 aliphatic heterocycles. The van der Waals surface area contributed by atoms with Gasteiger partial charge in [-0.3, -0.25) is 9.59 Å². The summed E-state index contributed by atoms with van der Waals surface area (Å²) < 4.78 is 11.1. The fourth-order valence-electron chi connectivity index (χ4n) is 9.98. The normalized spacial score (nSPS) is 22.7. The number of nitrogens with one attached hydrogen (secondary N) is 1. The Morgan fingerprint density at radius 1 is 0.828 bits per heavy atom.